The van der Waals surface area contributed by atoms with Gasteiger partial charge in [0.05, 0.1) is 16.3 Å². The summed E-state index contributed by atoms with van der Waals surface area (Å²) in [7, 11) is -3.44. The van der Waals surface area contributed by atoms with Crippen LogP contribution in [0.5, 0.6) is 0 Å². The van der Waals surface area contributed by atoms with Crippen LogP contribution >= 0.6 is 11.6 Å². The van der Waals surface area contributed by atoms with E-state index >= 15 is 0 Å². The van der Waals surface area contributed by atoms with Crippen LogP contribution in [0.15, 0.2) is 18.2 Å². The molecule has 1 aromatic carbocycles. The first kappa shape index (κ1) is 15.3. The SMILES string of the molecule is CCS(=O)(=O)NCc1ccc(Cl)c(C(F)(F)F)c1. The zero-order valence-corrected chi connectivity index (χ0v) is 11.0. The molecule has 1 rings (SSSR count). The van der Waals surface area contributed by atoms with Crippen molar-refractivity contribution < 1.29 is 21.6 Å². The Morgan fingerprint density at radius 1 is 1.33 bits per heavy atom. The van der Waals surface area contributed by atoms with Gasteiger partial charge in [0, 0.05) is 6.54 Å². The van der Waals surface area contributed by atoms with Crippen molar-refractivity contribution in [3.8, 4) is 0 Å². The number of nitrogens with one attached hydrogen (secondary N) is 1. The maximum absolute atomic E-state index is 12.5. The molecule has 0 radical (unpaired) electrons. The number of alkyl halides is 3. The third kappa shape index (κ3) is 4.15. The summed E-state index contributed by atoms with van der Waals surface area (Å²) in [5.41, 5.74) is -0.777. The molecule has 0 amide bonds. The lowest BCUT2D eigenvalue weighted by Gasteiger charge is -2.11. The van der Waals surface area contributed by atoms with Crippen molar-refractivity contribution in [2.45, 2.75) is 19.6 Å². The van der Waals surface area contributed by atoms with Gasteiger partial charge in [-0.25, -0.2) is 13.1 Å². The van der Waals surface area contributed by atoms with Gasteiger partial charge < -0.3 is 0 Å². The van der Waals surface area contributed by atoms with Crippen LogP contribution in [0.3, 0.4) is 0 Å². The second-order valence-electron chi connectivity index (χ2n) is 3.54. The highest BCUT2D eigenvalue weighted by atomic mass is 35.5. The second kappa shape index (κ2) is 5.46. The minimum Gasteiger partial charge on any atom is -0.212 e. The Morgan fingerprint density at radius 2 is 1.94 bits per heavy atom. The van der Waals surface area contributed by atoms with Crippen LogP contribution in [0, 0.1) is 0 Å². The fourth-order valence-electron chi connectivity index (χ4n) is 1.19. The largest absolute Gasteiger partial charge is 0.417 e. The second-order valence-corrected chi connectivity index (χ2v) is 6.04. The molecule has 0 aliphatic heterocycles. The van der Waals surface area contributed by atoms with Crippen molar-refractivity contribution in [3.05, 3.63) is 34.3 Å². The summed E-state index contributed by atoms with van der Waals surface area (Å²) in [5.74, 6) is -0.132. The summed E-state index contributed by atoms with van der Waals surface area (Å²) >= 11 is 5.44. The van der Waals surface area contributed by atoms with E-state index in [0.717, 1.165) is 12.1 Å². The normalized spacial score (nSPS) is 12.7. The van der Waals surface area contributed by atoms with Gasteiger partial charge in [0.1, 0.15) is 0 Å². The smallest absolute Gasteiger partial charge is 0.212 e. The zero-order chi connectivity index (χ0) is 14.0. The molecular weight excluding hydrogens is 291 g/mol. The van der Waals surface area contributed by atoms with Crippen molar-refractivity contribution in [1.29, 1.82) is 0 Å². The predicted octanol–water partition coefficient (Wildman–Crippen LogP) is 2.80. The quantitative estimate of drug-likeness (QED) is 0.929. The molecule has 18 heavy (non-hydrogen) atoms. The van der Waals surface area contributed by atoms with Crippen LogP contribution in [0.2, 0.25) is 5.02 Å². The number of hydrogen-bond donors (Lipinski definition) is 1. The fraction of sp³-hybridized carbons (Fsp3) is 0.400. The molecule has 0 saturated carbocycles. The molecule has 0 atom stereocenters. The number of sulfonamides is 1. The summed E-state index contributed by atoms with van der Waals surface area (Å²) in [4.78, 5) is 0. The van der Waals surface area contributed by atoms with Crippen molar-refractivity contribution >= 4 is 21.6 Å². The monoisotopic (exact) mass is 301 g/mol. The average molecular weight is 302 g/mol. The van der Waals surface area contributed by atoms with Gasteiger partial charge in [0.2, 0.25) is 10.0 Å². The van der Waals surface area contributed by atoms with Gasteiger partial charge in [-0.2, -0.15) is 13.2 Å². The first-order valence-electron chi connectivity index (χ1n) is 4.98. The van der Waals surface area contributed by atoms with Gasteiger partial charge in [-0.15, -0.1) is 0 Å². The van der Waals surface area contributed by atoms with Crippen LogP contribution in [-0.2, 0) is 22.7 Å². The minimum absolute atomic E-state index is 0.132. The summed E-state index contributed by atoms with van der Waals surface area (Å²) < 4.78 is 62.1. The molecule has 0 spiro atoms. The van der Waals surface area contributed by atoms with E-state index in [-0.39, 0.29) is 17.9 Å². The fourth-order valence-corrected chi connectivity index (χ4v) is 2.01. The Hall–Kier alpha value is -0.790. The van der Waals surface area contributed by atoms with E-state index in [1.807, 2.05) is 0 Å². The molecule has 0 aliphatic rings. The summed E-state index contributed by atoms with van der Waals surface area (Å²) in [6.07, 6.45) is -4.56. The topological polar surface area (TPSA) is 46.2 Å². The van der Waals surface area contributed by atoms with E-state index in [1.54, 1.807) is 0 Å². The molecule has 0 fully saturated rings. The van der Waals surface area contributed by atoms with Gasteiger partial charge in [0.25, 0.3) is 0 Å². The van der Waals surface area contributed by atoms with Crippen LogP contribution < -0.4 is 4.72 Å². The molecule has 0 unspecified atom stereocenters. The van der Waals surface area contributed by atoms with Crippen LogP contribution in [0.1, 0.15) is 18.1 Å². The predicted molar refractivity (Wildman–Crippen MR) is 62.8 cm³/mol. The lowest BCUT2D eigenvalue weighted by Crippen LogP contribution is -2.24. The Balaban J connectivity index is 2.93. The summed E-state index contributed by atoms with van der Waals surface area (Å²) in [5, 5.41) is -0.412. The molecular formula is C10H11ClF3NO2S. The first-order chi connectivity index (χ1) is 8.15. The third-order valence-corrected chi connectivity index (χ3v) is 3.89. The maximum Gasteiger partial charge on any atom is 0.417 e. The van der Waals surface area contributed by atoms with Gasteiger partial charge in [-0.1, -0.05) is 17.7 Å². The average Bonchev–Trinajstić information content (AvgIpc) is 2.26. The van der Waals surface area contributed by atoms with Crippen molar-refractivity contribution in [3.63, 3.8) is 0 Å². The van der Waals surface area contributed by atoms with E-state index in [1.165, 1.54) is 13.0 Å². The van der Waals surface area contributed by atoms with E-state index in [0.29, 0.717) is 0 Å². The van der Waals surface area contributed by atoms with Crippen LogP contribution in [0.25, 0.3) is 0 Å². The standard InChI is InChI=1S/C10H11ClF3NO2S/c1-2-18(16,17)15-6-7-3-4-9(11)8(5-7)10(12,13)14/h3-5,15H,2,6H2,1H3. The molecule has 0 aliphatic carbocycles. The highest BCUT2D eigenvalue weighted by Crippen LogP contribution is 2.35. The van der Waals surface area contributed by atoms with Crippen LogP contribution in [0.4, 0.5) is 13.2 Å². The Kier molecular flexibility index (Phi) is 4.63. The van der Waals surface area contributed by atoms with Crippen molar-refractivity contribution in [2.24, 2.45) is 0 Å². The molecule has 102 valence electrons. The van der Waals surface area contributed by atoms with Crippen molar-refractivity contribution in [2.75, 3.05) is 5.75 Å². The number of rotatable bonds is 4. The molecule has 1 N–H and O–H groups in total. The first-order valence-corrected chi connectivity index (χ1v) is 7.01. The van der Waals surface area contributed by atoms with Gasteiger partial charge >= 0.3 is 6.18 Å². The highest BCUT2D eigenvalue weighted by Gasteiger charge is 2.33. The molecule has 0 aromatic heterocycles. The Bertz CT molecular complexity index is 528. The molecule has 8 heteroatoms. The van der Waals surface area contributed by atoms with E-state index in [2.05, 4.69) is 4.72 Å². The van der Waals surface area contributed by atoms with Gasteiger partial charge in [-0.05, 0) is 24.6 Å². The number of benzene rings is 1. The number of halogens is 4. The molecule has 0 heterocycles. The Labute approximate surface area is 108 Å². The molecule has 3 nitrogen and oxygen atoms in total. The Morgan fingerprint density at radius 3 is 2.44 bits per heavy atom. The summed E-state index contributed by atoms with van der Waals surface area (Å²) in [6.45, 7) is 1.24. The third-order valence-electron chi connectivity index (χ3n) is 2.21. The molecule has 0 bridgehead atoms. The molecule has 0 saturated heterocycles. The van der Waals surface area contributed by atoms with Gasteiger partial charge in [0.15, 0.2) is 0 Å². The van der Waals surface area contributed by atoms with E-state index < -0.39 is 26.8 Å². The highest BCUT2D eigenvalue weighted by molar-refractivity contribution is 7.89. The van der Waals surface area contributed by atoms with Crippen LogP contribution in [-0.4, -0.2) is 14.2 Å². The zero-order valence-electron chi connectivity index (χ0n) is 9.38. The lowest BCUT2D eigenvalue weighted by atomic mass is 10.1. The maximum atomic E-state index is 12.5. The van der Waals surface area contributed by atoms with Gasteiger partial charge in [-0.3, -0.25) is 0 Å². The van der Waals surface area contributed by atoms with E-state index in [9.17, 15) is 21.6 Å². The lowest BCUT2D eigenvalue weighted by molar-refractivity contribution is -0.137. The molecule has 1 aromatic rings. The van der Waals surface area contributed by atoms with Crippen molar-refractivity contribution in [1.82, 2.24) is 4.72 Å². The number of hydrogen-bond acceptors (Lipinski definition) is 2. The van der Waals surface area contributed by atoms with E-state index in [4.69, 9.17) is 11.6 Å². The summed E-state index contributed by atoms with van der Waals surface area (Å²) in [6, 6.07) is 3.27. The minimum atomic E-state index is -4.56.